The molecule has 0 aromatic heterocycles. The topological polar surface area (TPSA) is 67.4 Å². The largest absolute Gasteiger partial charge is 0.465 e. The molecule has 22 heavy (non-hydrogen) atoms. The van der Waals surface area contributed by atoms with Gasteiger partial charge in [-0.2, -0.15) is 0 Å². The first kappa shape index (κ1) is 15.0. The number of hydrogen-bond donors (Lipinski definition) is 2. The molecule has 5 heteroatoms. The number of carbonyl (C=O) groups is 2. The summed E-state index contributed by atoms with van der Waals surface area (Å²) in [6.07, 6.45) is 4.42. The van der Waals surface area contributed by atoms with E-state index in [0.717, 1.165) is 38.0 Å². The standard InChI is InChI=1S/C17H22N2O3/c1-22-15(20)12-5-7-14(8-6-12)19-16(21)17-9-3-2-4-13(17)10-18-11-17/h5-8,13,18H,2-4,9-11H2,1H3,(H,19,21)/t13-,17+/m0/s1. The van der Waals surface area contributed by atoms with Gasteiger partial charge < -0.3 is 15.4 Å². The lowest BCUT2D eigenvalue weighted by Gasteiger charge is -2.37. The first-order chi connectivity index (χ1) is 10.7. The molecule has 1 saturated heterocycles. The van der Waals surface area contributed by atoms with Gasteiger partial charge in [-0.25, -0.2) is 4.79 Å². The minimum absolute atomic E-state index is 0.105. The lowest BCUT2D eigenvalue weighted by molar-refractivity contribution is -0.128. The van der Waals surface area contributed by atoms with Gasteiger partial charge in [-0.15, -0.1) is 0 Å². The fraction of sp³-hybridized carbons (Fsp3) is 0.529. The van der Waals surface area contributed by atoms with Crippen molar-refractivity contribution in [2.45, 2.75) is 25.7 Å². The third-order valence-corrected chi connectivity index (χ3v) is 5.05. The van der Waals surface area contributed by atoms with Crippen LogP contribution in [0.1, 0.15) is 36.0 Å². The van der Waals surface area contributed by atoms with Crippen LogP contribution in [0.4, 0.5) is 5.69 Å². The highest BCUT2D eigenvalue weighted by Gasteiger charge is 2.49. The highest BCUT2D eigenvalue weighted by molar-refractivity contribution is 5.97. The predicted molar refractivity (Wildman–Crippen MR) is 83.7 cm³/mol. The summed E-state index contributed by atoms with van der Waals surface area (Å²) in [5.74, 6) is 0.174. The fourth-order valence-electron chi connectivity index (χ4n) is 3.75. The monoisotopic (exact) mass is 302 g/mol. The number of anilines is 1. The number of amides is 1. The summed E-state index contributed by atoms with van der Waals surface area (Å²) in [6.45, 7) is 1.71. The molecular formula is C17H22N2O3. The molecule has 0 bridgehead atoms. The molecule has 2 fully saturated rings. The summed E-state index contributed by atoms with van der Waals surface area (Å²) in [7, 11) is 1.35. The zero-order chi connectivity index (χ0) is 15.6. The molecule has 0 radical (unpaired) electrons. The molecule has 0 unspecified atom stereocenters. The Balaban J connectivity index is 1.72. The van der Waals surface area contributed by atoms with Gasteiger partial charge in [-0.1, -0.05) is 12.8 Å². The van der Waals surface area contributed by atoms with Gasteiger partial charge in [0.2, 0.25) is 5.91 Å². The smallest absolute Gasteiger partial charge is 0.337 e. The third kappa shape index (κ3) is 2.61. The van der Waals surface area contributed by atoms with Gasteiger partial charge in [0.05, 0.1) is 18.1 Å². The van der Waals surface area contributed by atoms with Gasteiger partial charge in [0, 0.05) is 12.2 Å². The molecule has 2 N–H and O–H groups in total. The van der Waals surface area contributed by atoms with Gasteiger partial charge in [-0.05, 0) is 49.6 Å². The maximum absolute atomic E-state index is 12.8. The van der Waals surface area contributed by atoms with E-state index >= 15 is 0 Å². The molecule has 1 amide bonds. The van der Waals surface area contributed by atoms with E-state index in [1.165, 1.54) is 13.5 Å². The van der Waals surface area contributed by atoms with Crippen LogP contribution in [-0.2, 0) is 9.53 Å². The van der Waals surface area contributed by atoms with E-state index in [1.54, 1.807) is 24.3 Å². The maximum atomic E-state index is 12.8. The van der Waals surface area contributed by atoms with Crippen LogP contribution in [0.25, 0.3) is 0 Å². The molecule has 2 atom stereocenters. The SMILES string of the molecule is COC(=O)c1ccc(NC(=O)[C@@]23CCCC[C@H]2CNC3)cc1. The van der Waals surface area contributed by atoms with Crippen LogP contribution < -0.4 is 10.6 Å². The average Bonchev–Trinajstić information content (AvgIpc) is 3.00. The Morgan fingerprint density at radius 3 is 2.77 bits per heavy atom. The lowest BCUT2D eigenvalue weighted by Crippen LogP contribution is -2.44. The fourth-order valence-corrected chi connectivity index (χ4v) is 3.75. The minimum Gasteiger partial charge on any atom is -0.465 e. The third-order valence-electron chi connectivity index (χ3n) is 5.05. The van der Waals surface area contributed by atoms with Gasteiger partial charge in [0.15, 0.2) is 0 Å². The second kappa shape index (κ2) is 6.08. The molecular weight excluding hydrogens is 280 g/mol. The number of nitrogens with one attached hydrogen (secondary N) is 2. The van der Waals surface area contributed by atoms with Crippen molar-refractivity contribution in [1.82, 2.24) is 5.32 Å². The van der Waals surface area contributed by atoms with Gasteiger partial charge in [0.1, 0.15) is 0 Å². The summed E-state index contributed by atoms with van der Waals surface area (Å²) >= 11 is 0. The van der Waals surface area contributed by atoms with Gasteiger partial charge in [-0.3, -0.25) is 4.79 Å². The number of rotatable bonds is 3. The second-order valence-corrected chi connectivity index (χ2v) is 6.25. The highest BCUT2D eigenvalue weighted by Crippen LogP contribution is 2.44. The van der Waals surface area contributed by atoms with E-state index < -0.39 is 0 Å². The Morgan fingerprint density at radius 1 is 1.27 bits per heavy atom. The normalized spacial score (nSPS) is 27.0. The van der Waals surface area contributed by atoms with Crippen molar-refractivity contribution in [2.75, 3.05) is 25.5 Å². The summed E-state index contributed by atoms with van der Waals surface area (Å²) < 4.78 is 4.67. The first-order valence-corrected chi connectivity index (χ1v) is 7.86. The number of fused-ring (bicyclic) bond motifs is 1. The minimum atomic E-state index is -0.371. The van der Waals surface area contributed by atoms with Crippen molar-refractivity contribution in [3.63, 3.8) is 0 Å². The van der Waals surface area contributed by atoms with E-state index in [9.17, 15) is 9.59 Å². The zero-order valence-corrected chi connectivity index (χ0v) is 12.9. The zero-order valence-electron chi connectivity index (χ0n) is 12.9. The number of ether oxygens (including phenoxy) is 1. The van der Waals surface area contributed by atoms with Crippen LogP contribution in [0, 0.1) is 11.3 Å². The molecule has 0 spiro atoms. The Labute approximate surface area is 130 Å². The van der Waals surface area contributed by atoms with E-state index in [-0.39, 0.29) is 17.3 Å². The van der Waals surface area contributed by atoms with Crippen LogP contribution in [0.5, 0.6) is 0 Å². The summed E-state index contributed by atoms with van der Waals surface area (Å²) in [5.41, 5.74) is 0.944. The van der Waals surface area contributed by atoms with Crippen LogP contribution in [0.3, 0.4) is 0 Å². The van der Waals surface area contributed by atoms with E-state index in [1.807, 2.05) is 0 Å². The number of hydrogen-bond acceptors (Lipinski definition) is 4. The molecule has 1 heterocycles. The number of esters is 1. The number of methoxy groups -OCH3 is 1. The summed E-state index contributed by atoms with van der Waals surface area (Å²) in [6, 6.07) is 6.84. The Kier molecular flexibility index (Phi) is 4.16. The van der Waals surface area contributed by atoms with Crippen molar-refractivity contribution in [3.05, 3.63) is 29.8 Å². The molecule has 1 saturated carbocycles. The molecule has 1 aromatic carbocycles. The average molecular weight is 302 g/mol. The van der Waals surface area contributed by atoms with Crippen LogP contribution >= 0.6 is 0 Å². The van der Waals surface area contributed by atoms with E-state index in [0.29, 0.717) is 11.5 Å². The number of benzene rings is 1. The van der Waals surface area contributed by atoms with Gasteiger partial charge >= 0.3 is 5.97 Å². The van der Waals surface area contributed by atoms with Crippen molar-refractivity contribution in [2.24, 2.45) is 11.3 Å². The molecule has 1 aliphatic heterocycles. The van der Waals surface area contributed by atoms with Crippen molar-refractivity contribution in [1.29, 1.82) is 0 Å². The Hall–Kier alpha value is -1.88. The quantitative estimate of drug-likeness (QED) is 0.840. The van der Waals surface area contributed by atoms with Gasteiger partial charge in [0.25, 0.3) is 0 Å². The van der Waals surface area contributed by atoms with Crippen LogP contribution in [0.2, 0.25) is 0 Å². The molecule has 5 nitrogen and oxygen atoms in total. The van der Waals surface area contributed by atoms with Crippen molar-refractivity contribution in [3.8, 4) is 0 Å². The van der Waals surface area contributed by atoms with Crippen LogP contribution in [0.15, 0.2) is 24.3 Å². The van der Waals surface area contributed by atoms with Crippen molar-refractivity contribution >= 4 is 17.6 Å². The van der Waals surface area contributed by atoms with E-state index in [4.69, 9.17) is 0 Å². The Morgan fingerprint density at radius 2 is 2.05 bits per heavy atom. The molecule has 1 aliphatic carbocycles. The molecule has 3 rings (SSSR count). The molecule has 118 valence electrons. The highest BCUT2D eigenvalue weighted by atomic mass is 16.5. The molecule has 2 aliphatic rings. The maximum Gasteiger partial charge on any atom is 0.337 e. The molecule has 1 aromatic rings. The second-order valence-electron chi connectivity index (χ2n) is 6.25. The predicted octanol–water partition coefficient (Wildman–Crippen LogP) is 2.19. The summed E-state index contributed by atoms with van der Waals surface area (Å²) in [4.78, 5) is 24.2. The van der Waals surface area contributed by atoms with Crippen LogP contribution in [-0.4, -0.2) is 32.1 Å². The Bertz CT molecular complexity index is 570. The lowest BCUT2D eigenvalue weighted by atomic mass is 9.67. The van der Waals surface area contributed by atoms with Crippen molar-refractivity contribution < 1.29 is 14.3 Å². The number of carbonyl (C=O) groups excluding carboxylic acids is 2. The van der Waals surface area contributed by atoms with E-state index in [2.05, 4.69) is 15.4 Å². The summed E-state index contributed by atoms with van der Waals surface area (Å²) in [5, 5.41) is 6.41. The first-order valence-electron chi connectivity index (χ1n) is 7.86.